The van der Waals surface area contributed by atoms with E-state index in [0.29, 0.717) is 37.6 Å². The van der Waals surface area contributed by atoms with Crippen molar-refractivity contribution >= 4 is 17.6 Å². The summed E-state index contributed by atoms with van der Waals surface area (Å²) < 4.78 is 5.27. The highest BCUT2D eigenvalue weighted by molar-refractivity contribution is 6.04. The van der Waals surface area contributed by atoms with Crippen molar-refractivity contribution in [3.63, 3.8) is 0 Å². The average Bonchev–Trinajstić information content (AvgIpc) is 3.10. The van der Waals surface area contributed by atoms with Crippen molar-refractivity contribution in [2.75, 3.05) is 44.7 Å². The lowest BCUT2D eigenvalue weighted by atomic mass is 10.1. The first-order valence-corrected chi connectivity index (χ1v) is 8.19. The van der Waals surface area contributed by atoms with Crippen molar-refractivity contribution in [1.29, 1.82) is 0 Å². The van der Waals surface area contributed by atoms with Crippen LogP contribution in [0, 0.1) is 6.92 Å². The van der Waals surface area contributed by atoms with E-state index < -0.39 is 0 Å². The molecule has 6 nitrogen and oxygen atoms in total. The molecule has 124 valence electrons. The van der Waals surface area contributed by atoms with E-state index in [9.17, 15) is 9.59 Å². The number of aryl methyl sites for hydroxylation is 1. The lowest BCUT2D eigenvalue weighted by molar-refractivity contribution is 0.0564. The largest absolute Gasteiger partial charge is 0.378 e. The van der Waals surface area contributed by atoms with Crippen LogP contribution in [0.2, 0.25) is 0 Å². The summed E-state index contributed by atoms with van der Waals surface area (Å²) in [5.41, 5.74) is 2.09. The smallest absolute Gasteiger partial charge is 0.322 e. The van der Waals surface area contributed by atoms with Gasteiger partial charge in [0.25, 0.3) is 5.91 Å². The molecule has 1 aromatic rings. The summed E-state index contributed by atoms with van der Waals surface area (Å²) in [4.78, 5) is 28.8. The van der Waals surface area contributed by atoms with Crippen LogP contribution in [0.3, 0.4) is 0 Å². The zero-order valence-electron chi connectivity index (χ0n) is 13.5. The van der Waals surface area contributed by atoms with E-state index in [-0.39, 0.29) is 11.9 Å². The van der Waals surface area contributed by atoms with Gasteiger partial charge in [0.2, 0.25) is 0 Å². The first-order valence-electron chi connectivity index (χ1n) is 8.19. The van der Waals surface area contributed by atoms with Crippen molar-refractivity contribution < 1.29 is 14.3 Å². The fourth-order valence-electron chi connectivity index (χ4n) is 3.09. The first-order chi connectivity index (χ1) is 11.2. The van der Waals surface area contributed by atoms with Crippen LogP contribution < -0.4 is 5.32 Å². The molecule has 0 aromatic heterocycles. The van der Waals surface area contributed by atoms with Crippen molar-refractivity contribution in [1.82, 2.24) is 9.80 Å². The third-order valence-electron chi connectivity index (χ3n) is 4.42. The Hall–Kier alpha value is -2.08. The van der Waals surface area contributed by atoms with Gasteiger partial charge in [0.1, 0.15) is 0 Å². The number of hydrogen-bond acceptors (Lipinski definition) is 3. The Morgan fingerprint density at radius 2 is 1.74 bits per heavy atom. The number of rotatable bonds is 2. The summed E-state index contributed by atoms with van der Waals surface area (Å²) in [5, 5.41) is 2.91. The molecule has 1 aromatic carbocycles. The van der Waals surface area contributed by atoms with Gasteiger partial charge in [-0.2, -0.15) is 0 Å². The highest BCUT2D eigenvalue weighted by Crippen LogP contribution is 2.24. The number of amides is 3. The number of benzene rings is 1. The maximum Gasteiger partial charge on any atom is 0.322 e. The third kappa shape index (κ3) is 3.47. The number of nitrogens with zero attached hydrogens (tertiary/aromatic N) is 2. The van der Waals surface area contributed by atoms with Gasteiger partial charge < -0.3 is 19.9 Å². The Morgan fingerprint density at radius 3 is 2.43 bits per heavy atom. The minimum absolute atomic E-state index is 0.0119. The Labute approximate surface area is 136 Å². The Morgan fingerprint density at radius 1 is 1.04 bits per heavy atom. The van der Waals surface area contributed by atoms with Crippen LogP contribution >= 0.6 is 0 Å². The van der Waals surface area contributed by atoms with Crippen molar-refractivity contribution in [3.8, 4) is 0 Å². The van der Waals surface area contributed by atoms with Gasteiger partial charge in [-0.05, 0) is 31.4 Å². The van der Waals surface area contributed by atoms with Gasteiger partial charge in [-0.25, -0.2) is 4.79 Å². The molecule has 3 rings (SSSR count). The van der Waals surface area contributed by atoms with Gasteiger partial charge in [-0.15, -0.1) is 0 Å². The van der Waals surface area contributed by atoms with Gasteiger partial charge in [0.05, 0.1) is 24.5 Å². The molecule has 2 fully saturated rings. The standard InChI is InChI=1S/C17H23N3O3/c1-13-5-4-6-14(15(13)16(21)19-7-2-3-8-19)18-17(22)20-9-11-23-12-10-20/h4-6H,2-3,7-12H2,1H3,(H,18,22). The number of urea groups is 1. The summed E-state index contributed by atoms with van der Waals surface area (Å²) in [7, 11) is 0. The van der Waals surface area contributed by atoms with Crippen molar-refractivity contribution in [2.45, 2.75) is 19.8 Å². The second-order valence-electron chi connectivity index (χ2n) is 6.03. The van der Waals surface area contributed by atoms with E-state index in [0.717, 1.165) is 31.5 Å². The number of ether oxygens (including phenoxy) is 1. The minimum atomic E-state index is -0.172. The molecule has 3 amide bonds. The first kappa shape index (κ1) is 15.8. The molecule has 6 heteroatoms. The summed E-state index contributed by atoms with van der Waals surface area (Å²) in [5.74, 6) is 0.0119. The van der Waals surface area contributed by atoms with Crippen LogP contribution in [0.4, 0.5) is 10.5 Å². The van der Waals surface area contributed by atoms with Gasteiger partial charge >= 0.3 is 6.03 Å². The molecular formula is C17H23N3O3. The number of nitrogens with one attached hydrogen (secondary N) is 1. The maximum absolute atomic E-state index is 12.8. The summed E-state index contributed by atoms with van der Waals surface area (Å²) in [6, 6.07) is 5.40. The number of hydrogen-bond donors (Lipinski definition) is 1. The Balaban J connectivity index is 1.79. The lowest BCUT2D eigenvalue weighted by Gasteiger charge is -2.27. The Kier molecular flexibility index (Phi) is 4.81. The van der Waals surface area contributed by atoms with Crippen LogP contribution in [0.25, 0.3) is 0 Å². The molecule has 2 saturated heterocycles. The van der Waals surface area contributed by atoms with Crippen LogP contribution in [-0.2, 0) is 4.74 Å². The number of carbonyl (C=O) groups excluding carboxylic acids is 2. The predicted molar refractivity (Wildman–Crippen MR) is 87.7 cm³/mol. The topological polar surface area (TPSA) is 61.9 Å². The van der Waals surface area contributed by atoms with Gasteiger partial charge in [0.15, 0.2) is 0 Å². The van der Waals surface area contributed by atoms with Gasteiger partial charge in [-0.3, -0.25) is 4.79 Å². The minimum Gasteiger partial charge on any atom is -0.378 e. The molecule has 0 bridgehead atoms. The molecule has 23 heavy (non-hydrogen) atoms. The summed E-state index contributed by atoms with van der Waals surface area (Å²) in [6.45, 7) is 5.77. The zero-order valence-corrected chi connectivity index (χ0v) is 13.5. The van der Waals surface area contributed by atoms with Crippen molar-refractivity contribution in [3.05, 3.63) is 29.3 Å². The zero-order chi connectivity index (χ0) is 16.2. The number of carbonyl (C=O) groups is 2. The van der Waals surface area contributed by atoms with Gasteiger partial charge in [0, 0.05) is 26.2 Å². The van der Waals surface area contributed by atoms with Gasteiger partial charge in [-0.1, -0.05) is 12.1 Å². The predicted octanol–water partition coefficient (Wildman–Crippen LogP) is 2.10. The Bertz CT molecular complexity index is 591. The molecule has 0 aliphatic carbocycles. The third-order valence-corrected chi connectivity index (χ3v) is 4.42. The summed E-state index contributed by atoms with van der Waals surface area (Å²) in [6.07, 6.45) is 2.10. The van der Waals surface area contributed by atoms with Crippen LogP contribution in [0.15, 0.2) is 18.2 Å². The van der Waals surface area contributed by atoms with E-state index in [2.05, 4.69) is 5.32 Å². The molecule has 0 unspecified atom stereocenters. The molecule has 2 heterocycles. The molecule has 2 aliphatic rings. The summed E-state index contributed by atoms with van der Waals surface area (Å²) >= 11 is 0. The monoisotopic (exact) mass is 317 g/mol. The SMILES string of the molecule is Cc1cccc(NC(=O)N2CCOCC2)c1C(=O)N1CCCC1. The maximum atomic E-state index is 12.8. The highest BCUT2D eigenvalue weighted by Gasteiger charge is 2.25. The quantitative estimate of drug-likeness (QED) is 0.908. The molecule has 0 spiro atoms. The van der Waals surface area contributed by atoms with E-state index in [1.54, 1.807) is 11.0 Å². The fraction of sp³-hybridized carbons (Fsp3) is 0.529. The highest BCUT2D eigenvalue weighted by atomic mass is 16.5. The number of anilines is 1. The van der Waals surface area contributed by atoms with Crippen molar-refractivity contribution in [2.24, 2.45) is 0 Å². The number of morpholine rings is 1. The molecule has 0 atom stereocenters. The van der Waals surface area contributed by atoms with Crippen LogP contribution in [0.5, 0.6) is 0 Å². The fourth-order valence-corrected chi connectivity index (χ4v) is 3.09. The lowest BCUT2D eigenvalue weighted by Crippen LogP contribution is -2.43. The normalized spacial score (nSPS) is 18.1. The molecule has 1 N–H and O–H groups in total. The van der Waals surface area contributed by atoms with E-state index >= 15 is 0 Å². The molecule has 0 radical (unpaired) electrons. The second kappa shape index (κ2) is 7.00. The molecule has 0 saturated carbocycles. The van der Waals surface area contributed by atoms with Crippen LogP contribution in [-0.4, -0.2) is 61.1 Å². The van der Waals surface area contributed by atoms with E-state index in [1.807, 2.05) is 24.0 Å². The average molecular weight is 317 g/mol. The molecular weight excluding hydrogens is 294 g/mol. The van der Waals surface area contributed by atoms with Crippen LogP contribution in [0.1, 0.15) is 28.8 Å². The van der Waals surface area contributed by atoms with E-state index in [4.69, 9.17) is 4.74 Å². The number of likely N-dealkylation sites (tertiary alicyclic amines) is 1. The van der Waals surface area contributed by atoms with E-state index in [1.165, 1.54) is 0 Å². The molecule has 2 aliphatic heterocycles. The second-order valence-corrected chi connectivity index (χ2v) is 6.03.